The van der Waals surface area contributed by atoms with Crippen molar-refractivity contribution in [2.75, 3.05) is 38.6 Å². The molecule has 202 valence electrons. The molecule has 0 bridgehead atoms. The van der Waals surface area contributed by atoms with E-state index in [1.807, 2.05) is 0 Å². The minimum atomic E-state index is -1.26. The van der Waals surface area contributed by atoms with Crippen LogP contribution in [0.5, 0.6) is 5.75 Å². The van der Waals surface area contributed by atoms with Crippen LogP contribution >= 0.6 is 0 Å². The lowest BCUT2D eigenvalue weighted by atomic mass is 10.0. The van der Waals surface area contributed by atoms with E-state index >= 15 is 0 Å². The SMILES string of the molecule is Cc1ccc(C(C)C)c(OCCCN(C)CCCNc2nccc(C(N)=O)n2)c1.O=C(O)/C=C/C(=O)O. The molecular formula is C26H37N5O6. The summed E-state index contributed by atoms with van der Waals surface area (Å²) in [6.07, 6.45) is 4.56. The Morgan fingerprint density at radius 2 is 1.76 bits per heavy atom. The normalized spacial score (nSPS) is 10.8. The zero-order valence-corrected chi connectivity index (χ0v) is 21.8. The van der Waals surface area contributed by atoms with E-state index < -0.39 is 17.8 Å². The Labute approximate surface area is 217 Å². The monoisotopic (exact) mass is 515 g/mol. The third-order valence-electron chi connectivity index (χ3n) is 5.01. The van der Waals surface area contributed by atoms with Gasteiger partial charge in [-0.05, 0) is 62.5 Å². The Morgan fingerprint density at radius 1 is 1.11 bits per heavy atom. The fourth-order valence-corrected chi connectivity index (χ4v) is 3.14. The summed E-state index contributed by atoms with van der Waals surface area (Å²) in [4.78, 5) is 40.7. The number of amides is 1. The molecule has 37 heavy (non-hydrogen) atoms. The number of ether oxygens (including phenoxy) is 1. The van der Waals surface area contributed by atoms with Gasteiger partial charge in [0.1, 0.15) is 11.4 Å². The highest BCUT2D eigenvalue weighted by atomic mass is 16.5. The van der Waals surface area contributed by atoms with Crippen molar-refractivity contribution < 1.29 is 29.3 Å². The highest BCUT2D eigenvalue weighted by molar-refractivity contribution is 5.91. The Balaban J connectivity index is 0.000000738. The van der Waals surface area contributed by atoms with Gasteiger partial charge in [0.2, 0.25) is 5.95 Å². The van der Waals surface area contributed by atoms with Gasteiger partial charge in [0.05, 0.1) is 6.61 Å². The van der Waals surface area contributed by atoms with E-state index in [9.17, 15) is 14.4 Å². The number of nitrogens with zero attached hydrogens (tertiary/aromatic N) is 3. The maximum Gasteiger partial charge on any atom is 0.328 e. The number of hydrogen-bond donors (Lipinski definition) is 4. The number of rotatable bonds is 14. The predicted octanol–water partition coefficient (Wildman–Crippen LogP) is 2.92. The number of carboxylic acids is 2. The number of carbonyl (C=O) groups is 3. The van der Waals surface area contributed by atoms with Gasteiger partial charge in [-0.15, -0.1) is 0 Å². The van der Waals surface area contributed by atoms with Crippen LogP contribution in [-0.4, -0.2) is 76.2 Å². The zero-order valence-electron chi connectivity index (χ0n) is 21.8. The molecule has 0 atom stereocenters. The van der Waals surface area contributed by atoms with Crippen LogP contribution in [0.25, 0.3) is 0 Å². The van der Waals surface area contributed by atoms with E-state index in [2.05, 4.69) is 66.2 Å². The Kier molecular flexibility index (Phi) is 14.0. The maximum atomic E-state index is 11.1. The molecule has 0 fully saturated rings. The van der Waals surface area contributed by atoms with Gasteiger partial charge in [0.15, 0.2) is 0 Å². The molecule has 1 amide bonds. The van der Waals surface area contributed by atoms with Gasteiger partial charge in [0, 0.05) is 31.4 Å². The summed E-state index contributed by atoms with van der Waals surface area (Å²) in [5.41, 5.74) is 7.93. The molecule has 5 N–H and O–H groups in total. The first kappa shape index (κ1) is 31.0. The van der Waals surface area contributed by atoms with Crippen LogP contribution in [0.3, 0.4) is 0 Å². The first-order valence-corrected chi connectivity index (χ1v) is 11.9. The number of aliphatic carboxylic acids is 2. The van der Waals surface area contributed by atoms with Crippen molar-refractivity contribution in [3.8, 4) is 5.75 Å². The molecule has 11 nitrogen and oxygen atoms in total. The van der Waals surface area contributed by atoms with Crippen molar-refractivity contribution in [3.63, 3.8) is 0 Å². The van der Waals surface area contributed by atoms with Gasteiger partial charge in [0.25, 0.3) is 5.91 Å². The van der Waals surface area contributed by atoms with Crippen molar-refractivity contribution in [1.29, 1.82) is 0 Å². The van der Waals surface area contributed by atoms with Crippen molar-refractivity contribution in [1.82, 2.24) is 14.9 Å². The molecular weight excluding hydrogens is 478 g/mol. The Morgan fingerprint density at radius 3 is 2.35 bits per heavy atom. The summed E-state index contributed by atoms with van der Waals surface area (Å²) in [5.74, 6) is -1.18. The Hall–Kier alpha value is -3.99. The number of nitrogens with one attached hydrogen (secondary N) is 1. The molecule has 2 rings (SSSR count). The van der Waals surface area contributed by atoms with Crippen LogP contribution in [0.1, 0.15) is 54.2 Å². The van der Waals surface area contributed by atoms with E-state index in [0.29, 0.717) is 30.6 Å². The van der Waals surface area contributed by atoms with Crippen LogP contribution in [0.4, 0.5) is 5.95 Å². The predicted molar refractivity (Wildman–Crippen MR) is 141 cm³/mol. The summed E-state index contributed by atoms with van der Waals surface area (Å²) in [7, 11) is 2.11. The molecule has 0 aliphatic carbocycles. The zero-order chi connectivity index (χ0) is 27.8. The standard InChI is InChI=1S/C22H33N5O2.C4H4O4/c1-16(2)18-8-7-17(3)15-20(18)29-14-6-13-27(4)12-5-10-24-22-25-11-9-19(26-22)21(23)28;5-3(6)1-2-4(7)8/h7-9,11,15-16H,5-6,10,12-14H2,1-4H3,(H2,23,28)(H,24,25,26);1-2H,(H,5,6)(H,7,8)/b;2-1+. The second-order valence-corrected chi connectivity index (χ2v) is 8.62. The van der Waals surface area contributed by atoms with E-state index in [4.69, 9.17) is 20.7 Å². The fraction of sp³-hybridized carbons (Fsp3) is 0.423. The summed E-state index contributed by atoms with van der Waals surface area (Å²) in [6.45, 7) is 9.82. The molecule has 0 aliphatic rings. The van der Waals surface area contributed by atoms with Crippen LogP contribution in [0.2, 0.25) is 0 Å². The number of carbonyl (C=O) groups excluding carboxylic acids is 1. The molecule has 0 aliphatic heterocycles. The number of primary amides is 1. The lowest BCUT2D eigenvalue weighted by molar-refractivity contribution is -0.134. The van der Waals surface area contributed by atoms with Gasteiger partial charge >= 0.3 is 11.9 Å². The third-order valence-corrected chi connectivity index (χ3v) is 5.01. The average Bonchev–Trinajstić information content (AvgIpc) is 2.83. The minimum Gasteiger partial charge on any atom is -0.493 e. The highest BCUT2D eigenvalue weighted by Crippen LogP contribution is 2.27. The molecule has 1 heterocycles. The number of aromatic nitrogens is 2. The van der Waals surface area contributed by atoms with E-state index in [0.717, 1.165) is 38.2 Å². The Bertz CT molecular complexity index is 1040. The lowest BCUT2D eigenvalue weighted by Crippen LogP contribution is -2.24. The van der Waals surface area contributed by atoms with Crippen molar-refractivity contribution >= 4 is 23.8 Å². The number of aryl methyl sites for hydroxylation is 1. The fourth-order valence-electron chi connectivity index (χ4n) is 3.14. The van der Waals surface area contributed by atoms with E-state index in [1.165, 1.54) is 23.4 Å². The molecule has 0 radical (unpaired) electrons. The number of nitrogens with two attached hydrogens (primary N) is 1. The number of carboxylic acid groups (broad SMARTS) is 2. The van der Waals surface area contributed by atoms with Crippen LogP contribution < -0.4 is 15.8 Å². The molecule has 1 aromatic carbocycles. The highest BCUT2D eigenvalue weighted by Gasteiger charge is 2.08. The number of benzene rings is 1. The third kappa shape index (κ3) is 13.6. The topological polar surface area (TPSA) is 168 Å². The summed E-state index contributed by atoms with van der Waals surface area (Å²) in [5, 5.41) is 18.7. The lowest BCUT2D eigenvalue weighted by Gasteiger charge is -2.18. The van der Waals surface area contributed by atoms with Gasteiger partial charge in [-0.3, -0.25) is 4.79 Å². The quantitative estimate of drug-likeness (QED) is 0.217. The molecule has 2 aromatic rings. The van der Waals surface area contributed by atoms with Gasteiger partial charge in [-0.1, -0.05) is 26.0 Å². The smallest absolute Gasteiger partial charge is 0.328 e. The minimum absolute atomic E-state index is 0.217. The first-order chi connectivity index (χ1) is 17.5. The van der Waals surface area contributed by atoms with Crippen molar-refractivity contribution in [2.24, 2.45) is 5.73 Å². The second kappa shape index (κ2) is 16.6. The largest absolute Gasteiger partial charge is 0.493 e. The summed E-state index contributed by atoms with van der Waals surface area (Å²) < 4.78 is 6.05. The summed E-state index contributed by atoms with van der Waals surface area (Å²) >= 11 is 0. The maximum absolute atomic E-state index is 11.1. The van der Waals surface area contributed by atoms with Gasteiger partial charge < -0.3 is 30.9 Å². The molecule has 0 saturated carbocycles. The van der Waals surface area contributed by atoms with Crippen LogP contribution in [0, 0.1) is 6.92 Å². The first-order valence-electron chi connectivity index (χ1n) is 11.9. The van der Waals surface area contributed by atoms with Crippen LogP contribution in [0.15, 0.2) is 42.6 Å². The van der Waals surface area contributed by atoms with Crippen molar-refractivity contribution in [3.05, 3.63) is 59.4 Å². The number of anilines is 1. The second-order valence-electron chi connectivity index (χ2n) is 8.62. The molecule has 0 unspecified atom stereocenters. The van der Waals surface area contributed by atoms with E-state index in [-0.39, 0.29) is 5.69 Å². The van der Waals surface area contributed by atoms with E-state index in [1.54, 1.807) is 0 Å². The van der Waals surface area contributed by atoms with Gasteiger partial charge in [-0.25, -0.2) is 19.6 Å². The summed E-state index contributed by atoms with van der Waals surface area (Å²) in [6, 6.07) is 7.93. The van der Waals surface area contributed by atoms with Crippen molar-refractivity contribution in [2.45, 2.75) is 39.5 Å². The molecule has 11 heteroatoms. The molecule has 0 saturated heterocycles. The number of hydrogen-bond acceptors (Lipinski definition) is 8. The molecule has 0 spiro atoms. The molecule has 1 aromatic heterocycles. The van der Waals surface area contributed by atoms with Crippen LogP contribution in [-0.2, 0) is 9.59 Å². The van der Waals surface area contributed by atoms with Gasteiger partial charge in [-0.2, -0.15) is 0 Å². The average molecular weight is 516 g/mol.